The summed E-state index contributed by atoms with van der Waals surface area (Å²) in [6, 6.07) is 20.7. The lowest BCUT2D eigenvalue weighted by molar-refractivity contribution is -0.128. The van der Waals surface area contributed by atoms with Crippen molar-refractivity contribution >= 4 is 23.1 Å². The van der Waals surface area contributed by atoms with Gasteiger partial charge in [-0.05, 0) is 60.4 Å². The third kappa shape index (κ3) is 8.18. The van der Waals surface area contributed by atoms with Crippen LogP contribution in [0.5, 0.6) is 5.88 Å². The normalized spacial score (nSPS) is 13.8. The fourth-order valence-electron chi connectivity index (χ4n) is 4.72. The van der Waals surface area contributed by atoms with Crippen molar-refractivity contribution in [3.8, 4) is 17.0 Å². The minimum Gasteiger partial charge on any atom is -0.474 e. The Morgan fingerprint density at radius 3 is 2.02 bits per heavy atom. The summed E-state index contributed by atoms with van der Waals surface area (Å²) < 4.78 is 6.09. The molecule has 7 heteroatoms. The van der Waals surface area contributed by atoms with Gasteiger partial charge in [0.15, 0.2) is 5.78 Å². The zero-order valence-electron chi connectivity index (χ0n) is 24.0. The monoisotopic (exact) mass is 540 g/mol. The van der Waals surface area contributed by atoms with E-state index in [9.17, 15) is 9.59 Å². The molecule has 0 aliphatic carbocycles. The van der Waals surface area contributed by atoms with Crippen molar-refractivity contribution in [2.75, 3.05) is 51.1 Å². The predicted octanol–water partition coefficient (Wildman–Crippen LogP) is 5.40. The standard InChI is InChI=1S/C33H40N4O3/c1-35(2)28-13-8-25(9-14-28)6-5-7-30(38)17-19-33(39)37-22-20-31(21-23-37)40-32-18-12-27(24-34-32)26-10-15-29(16-11-26)36(3)4/h8-19,24,31H,5-7,20-23H2,1-4H3/b19-17-. The first-order valence-electron chi connectivity index (χ1n) is 13.9. The molecule has 0 atom stereocenters. The highest BCUT2D eigenvalue weighted by atomic mass is 16.5. The minimum absolute atomic E-state index is 0.0131. The molecule has 210 valence electrons. The first-order valence-corrected chi connectivity index (χ1v) is 13.9. The highest BCUT2D eigenvalue weighted by Crippen LogP contribution is 2.24. The van der Waals surface area contributed by atoms with E-state index in [1.165, 1.54) is 17.7 Å². The number of aryl methyl sites for hydroxylation is 1. The number of hydrogen-bond donors (Lipinski definition) is 0. The molecule has 0 saturated carbocycles. The van der Waals surface area contributed by atoms with Crippen molar-refractivity contribution in [3.05, 3.63) is 84.6 Å². The zero-order chi connectivity index (χ0) is 28.5. The second kappa shape index (κ2) is 13.8. The van der Waals surface area contributed by atoms with E-state index in [1.807, 2.05) is 46.5 Å². The molecule has 1 aliphatic rings. The summed E-state index contributed by atoms with van der Waals surface area (Å²) in [6.07, 6.45) is 8.20. The summed E-state index contributed by atoms with van der Waals surface area (Å²) in [5.41, 5.74) is 5.67. The fourth-order valence-corrected chi connectivity index (χ4v) is 4.72. The van der Waals surface area contributed by atoms with Gasteiger partial charge in [-0.15, -0.1) is 0 Å². The van der Waals surface area contributed by atoms with Gasteiger partial charge in [-0.3, -0.25) is 9.59 Å². The van der Waals surface area contributed by atoms with Crippen molar-refractivity contribution in [2.24, 2.45) is 0 Å². The molecule has 7 nitrogen and oxygen atoms in total. The average molecular weight is 541 g/mol. The van der Waals surface area contributed by atoms with Crippen LogP contribution in [0.25, 0.3) is 11.1 Å². The molecular weight excluding hydrogens is 500 g/mol. The van der Waals surface area contributed by atoms with Crippen LogP contribution in [0.1, 0.15) is 31.2 Å². The molecule has 3 aromatic rings. The first kappa shape index (κ1) is 28.9. The molecular formula is C33H40N4O3. The summed E-state index contributed by atoms with van der Waals surface area (Å²) >= 11 is 0. The van der Waals surface area contributed by atoms with E-state index in [2.05, 4.69) is 63.3 Å². The Morgan fingerprint density at radius 1 is 0.850 bits per heavy atom. The van der Waals surface area contributed by atoms with Crippen LogP contribution in [0.3, 0.4) is 0 Å². The van der Waals surface area contributed by atoms with E-state index < -0.39 is 0 Å². The summed E-state index contributed by atoms with van der Waals surface area (Å²) in [4.78, 5) is 35.3. The highest BCUT2D eigenvalue weighted by Gasteiger charge is 2.23. The second-order valence-corrected chi connectivity index (χ2v) is 10.7. The number of carbonyl (C=O) groups excluding carboxylic acids is 2. The van der Waals surface area contributed by atoms with Gasteiger partial charge < -0.3 is 19.4 Å². The number of pyridine rings is 1. The maximum absolute atomic E-state index is 12.6. The summed E-state index contributed by atoms with van der Waals surface area (Å²) in [5, 5.41) is 0. The molecule has 2 heterocycles. The van der Waals surface area contributed by atoms with Gasteiger partial charge in [-0.2, -0.15) is 0 Å². The van der Waals surface area contributed by atoms with Crippen LogP contribution in [0.15, 0.2) is 79.0 Å². The van der Waals surface area contributed by atoms with E-state index in [0.717, 1.165) is 48.2 Å². The number of allylic oxidation sites excluding steroid dienone is 1. The lowest BCUT2D eigenvalue weighted by atomic mass is 10.1. The maximum atomic E-state index is 12.6. The Morgan fingerprint density at radius 2 is 1.45 bits per heavy atom. The largest absolute Gasteiger partial charge is 0.474 e. The van der Waals surface area contributed by atoms with Crippen LogP contribution in [0.2, 0.25) is 0 Å². The molecule has 0 N–H and O–H groups in total. The average Bonchev–Trinajstić information content (AvgIpc) is 2.97. The number of ether oxygens (including phenoxy) is 1. The lowest BCUT2D eigenvalue weighted by Crippen LogP contribution is -2.41. The van der Waals surface area contributed by atoms with Crippen molar-refractivity contribution in [1.29, 1.82) is 0 Å². The van der Waals surface area contributed by atoms with Crippen LogP contribution >= 0.6 is 0 Å². The van der Waals surface area contributed by atoms with Gasteiger partial charge in [0.25, 0.3) is 0 Å². The third-order valence-electron chi connectivity index (χ3n) is 7.25. The SMILES string of the molecule is CN(C)c1ccc(CCCC(=O)/C=C\C(=O)N2CCC(Oc3ccc(-c4ccc(N(C)C)cc4)cn3)CC2)cc1. The number of benzene rings is 2. The minimum atomic E-state index is -0.117. The number of anilines is 2. The van der Waals surface area contributed by atoms with Gasteiger partial charge in [0, 0.05) is 95.8 Å². The molecule has 1 fully saturated rings. The molecule has 1 aromatic heterocycles. The Kier molecular flexibility index (Phi) is 9.95. The lowest BCUT2D eigenvalue weighted by Gasteiger charge is -2.31. The number of hydrogen-bond acceptors (Lipinski definition) is 6. The van der Waals surface area contributed by atoms with E-state index in [4.69, 9.17) is 4.74 Å². The molecule has 1 aliphatic heterocycles. The van der Waals surface area contributed by atoms with Gasteiger partial charge in [-0.25, -0.2) is 4.98 Å². The summed E-state index contributed by atoms with van der Waals surface area (Å²) in [7, 11) is 8.08. The van der Waals surface area contributed by atoms with Crippen LogP contribution < -0.4 is 14.5 Å². The third-order valence-corrected chi connectivity index (χ3v) is 7.25. The van der Waals surface area contributed by atoms with Crippen molar-refractivity contribution < 1.29 is 14.3 Å². The molecule has 4 rings (SSSR count). The van der Waals surface area contributed by atoms with E-state index in [1.54, 1.807) is 4.90 Å². The van der Waals surface area contributed by atoms with Gasteiger partial charge in [-0.1, -0.05) is 24.3 Å². The summed E-state index contributed by atoms with van der Waals surface area (Å²) in [5.74, 6) is 0.464. The number of nitrogens with zero attached hydrogens (tertiary/aromatic N) is 4. The smallest absolute Gasteiger partial charge is 0.246 e. The van der Waals surface area contributed by atoms with Gasteiger partial charge in [0.05, 0.1) is 0 Å². The summed E-state index contributed by atoms with van der Waals surface area (Å²) in [6.45, 7) is 1.20. The van der Waals surface area contributed by atoms with E-state index >= 15 is 0 Å². The molecule has 0 spiro atoms. The number of carbonyl (C=O) groups is 2. The Labute approximate surface area is 238 Å². The molecule has 2 aromatic carbocycles. The van der Waals surface area contributed by atoms with Crippen LogP contribution in [-0.2, 0) is 16.0 Å². The molecule has 0 bridgehead atoms. The van der Waals surface area contributed by atoms with Crippen LogP contribution in [0, 0.1) is 0 Å². The maximum Gasteiger partial charge on any atom is 0.246 e. The van der Waals surface area contributed by atoms with Gasteiger partial charge >= 0.3 is 0 Å². The molecule has 1 saturated heterocycles. The van der Waals surface area contributed by atoms with Gasteiger partial charge in [0.2, 0.25) is 11.8 Å². The zero-order valence-corrected chi connectivity index (χ0v) is 24.0. The van der Waals surface area contributed by atoms with Crippen LogP contribution in [0.4, 0.5) is 11.4 Å². The Hall–Kier alpha value is -4.13. The number of aromatic nitrogens is 1. The van der Waals surface area contributed by atoms with Crippen molar-refractivity contribution in [2.45, 2.75) is 38.2 Å². The molecule has 40 heavy (non-hydrogen) atoms. The fraction of sp³-hybridized carbons (Fsp3) is 0.364. The number of likely N-dealkylation sites (tertiary alicyclic amines) is 1. The molecule has 0 radical (unpaired) electrons. The highest BCUT2D eigenvalue weighted by molar-refractivity contribution is 5.97. The van der Waals surface area contributed by atoms with Crippen LogP contribution in [-0.4, -0.2) is 69.0 Å². The Balaban J connectivity index is 1.16. The second-order valence-electron chi connectivity index (χ2n) is 10.7. The number of ketones is 1. The van der Waals surface area contributed by atoms with Crippen molar-refractivity contribution in [1.82, 2.24) is 9.88 Å². The van der Waals surface area contributed by atoms with Gasteiger partial charge in [0.1, 0.15) is 6.10 Å². The Bertz CT molecular complexity index is 1270. The quantitative estimate of drug-likeness (QED) is 0.304. The number of piperidine rings is 1. The number of rotatable bonds is 11. The number of amides is 1. The topological polar surface area (TPSA) is 66.0 Å². The van der Waals surface area contributed by atoms with E-state index in [0.29, 0.717) is 25.4 Å². The molecule has 0 unspecified atom stereocenters. The molecule has 1 amide bonds. The van der Waals surface area contributed by atoms with E-state index in [-0.39, 0.29) is 17.8 Å². The predicted molar refractivity (Wildman–Crippen MR) is 162 cm³/mol. The van der Waals surface area contributed by atoms with Crippen molar-refractivity contribution in [3.63, 3.8) is 0 Å². The first-order chi connectivity index (χ1) is 19.3.